The lowest BCUT2D eigenvalue weighted by molar-refractivity contribution is 0.0948. The molecule has 1 aromatic carbocycles. The molecule has 8 nitrogen and oxygen atoms in total. The molecule has 0 aliphatic carbocycles. The van der Waals surface area contributed by atoms with Crippen molar-refractivity contribution >= 4 is 11.7 Å². The molecule has 0 saturated heterocycles. The molecule has 1 N–H and O–H groups in total. The van der Waals surface area contributed by atoms with Crippen LogP contribution in [0.4, 0.5) is 0 Å². The van der Waals surface area contributed by atoms with E-state index < -0.39 is 0 Å². The number of ether oxygens (including phenoxy) is 2. The smallest absolute Gasteiger partial charge is 0.255 e. The van der Waals surface area contributed by atoms with Crippen molar-refractivity contribution < 1.29 is 14.3 Å². The Labute approximate surface area is 157 Å². The number of carbonyl (C=O) groups is 1. The van der Waals surface area contributed by atoms with E-state index >= 15 is 0 Å². The second-order valence-electron chi connectivity index (χ2n) is 6.03. The van der Waals surface area contributed by atoms with Crippen molar-refractivity contribution in [2.45, 2.75) is 34.2 Å². The molecule has 0 unspecified atom stereocenters. The van der Waals surface area contributed by atoms with E-state index in [1.807, 2.05) is 38.2 Å². The molecule has 27 heavy (non-hydrogen) atoms. The van der Waals surface area contributed by atoms with E-state index in [1.54, 1.807) is 18.2 Å². The second-order valence-corrected chi connectivity index (χ2v) is 6.03. The van der Waals surface area contributed by atoms with Gasteiger partial charge in [0.1, 0.15) is 11.5 Å². The summed E-state index contributed by atoms with van der Waals surface area (Å²) < 4.78 is 12.9. The Hall–Kier alpha value is -3.16. The first-order valence-corrected chi connectivity index (χ1v) is 8.89. The number of nitrogens with one attached hydrogen (secondary N) is 1. The lowest BCUT2D eigenvalue weighted by atomic mass is 10.2. The van der Waals surface area contributed by atoms with E-state index in [2.05, 4.69) is 20.5 Å². The van der Waals surface area contributed by atoms with Crippen molar-refractivity contribution in [1.82, 2.24) is 24.9 Å². The highest BCUT2D eigenvalue weighted by atomic mass is 16.5. The lowest BCUT2D eigenvalue weighted by Crippen LogP contribution is -2.24. The van der Waals surface area contributed by atoms with Gasteiger partial charge in [-0.15, -0.1) is 10.2 Å². The fourth-order valence-corrected chi connectivity index (χ4v) is 2.88. The van der Waals surface area contributed by atoms with Crippen LogP contribution in [0.15, 0.2) is 24.3 Å². The van der Waals surface area contributed by atoms with E-state index in [1.165, 1.54) is 0 Å². The summed E-state index contributed by atoms with van der Waals surface area (Å²) in [5, 5.41) is 11.1. The summed E-state index contributed by atoms with van der Waals surface area (Å²) in [5.41, 5.74) is 2.30. The topological polar surface area (TPSA) is 90.6 Å². The monoisotopic (exact) mass is 369 g/mol. The van der Waals surface area contributed by atoms with Gasteiger partial charge in [-0.25, -0.2) is 4.98 Å². The van der Waals surface area contributed by atoms with Crippen molar-refractivity contribution in [1.29, 1.82) is 0 Å². The summed E-state index contributed by atoms with van der Waals surface area (Å²) in [4.78, 5) is 17.0. The molecular formula is C19H23N5O3. The average molecular weight is 369 g/mol. The Morgan fingerprint density at radius 3 is 2.33 bits per heavy atom. The molecule has 0 atom stereocenters. The average Bonchev–Trinajstić information content (AvgIpc) is 3.03. The van der Waals surface area contributed by atoms with Crippen LogP contribution in [-0.2, 0) is 6.54 Å². The van der Waals surface area contributed by atoms with Crippen molar-refractivity contribution in [3.63, 3.8) is 0 Å². The van der Waals surface area contributed by atoms with E-state index in [-0.39, 0.29) is 12.5 Å². The molecule has 1 amide bonds. The summed E-state index contributed by atoms with van der Waals surface area (Å²) in [5.74, 6) is 2.09. The molecule has 0 spiro atoms. The van der Waals surface area contributed by atoms with Gasteiger partial charge < -0.3 is 14.8 Å². The molecule has 142 valence electrons. The number of hydrogen-bond acceptors (Lipinski definition) is 6. The minimum atomic E-state index is -0.244. The Morgan fingerprint density at radius 1 is 1.04 bits per heavy atom. The van der Waals surface area contributed by atoms with E-state index in [4.69, 9.17) is 9.47 Å². The SMILES string of the molecule is CCOc1cc(OCC)cc(C(=O)NCc2nnc3nc(C)cc(C)n23)c1. The van der Waals surface area contributed by atoms with Gasteiger partial charge in [-0.05, 0) is 45.9 Å². The number of carbonyl (C=O) groups excluding carboxylic acids is 1. The number of benzene rings is 1. The van der Waals surface area contributed by atoms with Gasteiger partial charge in [-0.3, -0.25) is 9.20 Å². The molecule has 0 fully saturated rings. The predicted octanol–water partition coefficient (Wildman–Crippen LogP) is 2.47. The zero-order chi connectivity index (χ0) is 19.4. The normalized spacial score (nSPS) is 10.8. The highest BCUT2D eigenvalue weighted by Gasteiger charge is 2.14. The maximum atomic E-state index is 12.6. The highest BCUT2D eigenvalue weighted by Crippen LogP contribution is 2.23. The number of aromatic nitrogens is 4. The van der Waals surface area contributed by atoms with Crippen LogP contribution in [-0.4, -0.2) is 38.7 Å². The van der Waals surface area contributed by atoms with Crippen LogP contribution >= 0.6 is 0 Å². The summed E-state index contributed by atoms with van der Waals surface area (Å²) >= 11 is 0. The molecule has 0 radical (unpaired) electrons. The van der Waals surface area contributed by atoms with Gasteiger partial charge in [-0.1, -0.05) is 0 Å². The maximum absolute atomic E-state index is 12.6. The van der Waals surface area contributed by atoms with Crippen LogP contribution < -0.4 is 14.8 Å². The standard InChI is InChI=1S/C19H23N5O3/c1-5-26-15-8-14(9-16(10-15)27-6-2)18(25)20-11-17-22-23-19-21-12(3)7-13(4)24(17)19/h7-10H,5-6,11H2,1-4H3,(H,20,25). The summed E-state index contributed by atoms with van der Waals surface area (Å²) in [6.07, 6.45) is 0. The molecule has 0 aliphatic heterocycles. The van der Waals surface area contributed by atoms with Gasteiger partial charge in [0.05, 0.1) is 19.8 Å². The molecule has 2 heterocycles. The predicted molar refractivity (Wildman–Crippen MR) is 100 cm³/mol. The molecule has 2 aromatic heterocycles. The molecule has 0 aliphatic rings. The third-order valence-corrected chi connectivity index (χ3v) is 3.93. The molecule has 3 aromatic rings. The van der Waals surface area contributed by atoms with Crippen molar-refractivity contribution in [3.05, 3.63) is 47.0 Å². The largest absolute Gasteiger partial charge is 0.494 e. The van der Waals surface area contributed by atoms with Gasteiger partial charge in [0.15, 0.2) is 5.82 Å². The molecule has 8 heteroatoms. The van der Waals surface area contributed by atoms with Gasteiger partial charge in [0.2, 0.25) is 0 Å². The Balaban J connectivity index is 1.80. The van der Waals surface area contributed by atoms with Gasteiger partial charge in [-0.2, -0.15) is 0 Å². The van der Waals surface area contributed by atoms with Crippen molar-refractivity contribution in [2.75, 3.05) is 13.2 Å². The first-order valence-electron chi connectivity index (χ1n) is 8.89. The van der Waals surface area contributed by atoms with Crippen LogP contribution in [0, 0.1) is 13.8 Å². The highest BCUT2D eigenvalue weighted by molar-refractivity contribution is 5.95. The van der Waals surface area contributed by atoms with Gasteiger partial charge in [0.25, 0.3) is 11.7 Å². The van der Waals surface area contributed by atoms with Crippen LogP contribution in [0.25, 0.3) is 5.78 Å². The van der Waals surface area contributed by atoms with Crippen LogP contribution in [0.3, 0.4) is 0 Å². The molecule has 3 rings (SSSR count). The maximum Gasteiger partial charge on any atom is 0.255 e. The van der Waals surface area contributed by atoms with Gasteiger partial charge in [0, 0.05) is 23.0 Å². The van der Waals surface area contributed by atoms with Gasteiger partial charge >= 0.3 is 0 Å². The first-order chi connectivity index (χ1) is 13.0. The van der Waals surface area contributed by atoms with E-state index in [0.29, 0.717) is 41.9 Å². The second kappa shape index (κ2) is 8.03. The van der Waals surface area contributed by atoms with Crippen LogP contribution in [0.2, 0.25) is 0 Å². The Bertz CT molecular complexity index is 943. The summed E-state index contributed by atoms with van der Waals surface area (Å²) in [6.45, 7) is 8.89. The molecular weight excluding hydrogens is 346 g/mol. The van der Waals surface area contributed by atoms with Crippen LogP contribution in [0.5, 0.6) is 11.5 Å². The lowest BCUT2D eigenvalue weighted by Gasteiger charge is -2.11. The number of hydrogen-bond donors (Lipinski definition) is 1. The molecule has 0 saturated carbocycles. The Kier molecular flexibility index (Phi) is 5.54. The number of aryl methyl sites for hydroxylation is 2. The molecule has 0 bridgehead atoms. The summed E-state index contributed by atoms with van der Waals surface area (Å²) in [7, 11) is 0. The fraction of sp³-hybridized carbons (Fsp3) is 0.368. The van der Waals surface area contributed by atoms with Crippen molar-refractivity contribution in [3.8, 4) is 11.5 Å². The number of amides is 1. The fourth-order valence-electron chi connectivity index (χ4n) is 2.88. The zero-order valence-electron chi connectivity index (χ0n) is 15.9. The quantitative estimate of drug-likeness (QED) is 0.688. The zero-order valence-corrected chi connectivity index (χ0v) is 15.9. The minimum Gasteiger partial charge on any atom is -0.494 e. The number of rotatable bonds is 7. The minimum absolute atomic E-state index is 0.231. The summed E-state index contributed by atoms with van der Waals surface area (Å²) in [6, 6.07) is 7.10. The Morgan fingerprint density at radius 2 is 1.70 bits per heavy atom. The van der Waals surface area contributed by atoms with E-state index in [0.717, 1.165) is 11.4 Å². The third-order valence-electron chi connectivity index (χ3n) is 3.93. The first kappa shape index (κ1) is 18.6. The van der Waals surface area contributed by atoms with Crippen LogP contribution in [0.1, 0.15) is 41.4 Å². The third kappa shape index (κ3) is 4.16. The van der Waals surface area contributed by atoms with E-state index in [9.17, 15) is 4.79 Å². The number of fused-ring (bicyclic) bond motifs is 1. The number of nitrogens with zero attached hydrogens (tertiary/aromatic N) is 4. The van der Waals surface area contributed by atoms with Crippen molar-refractivity contribution in [2.24, 2.45) is 0 Å².